The molecule has 0 spiro atoms. The fourth-order valence-corrected chi connectivity index (χ4v) is 4.62. The molecular weight excluding hydrogens is 478 g/mol. The molecule has 2 aromatic heterocycles. The van der Waals surface area contributed by atoms with Gasteiger partial charge in [-0.1, -0.05) is 23.7 Å². The van der Waals surface area contributed by atoms with Crippen LogP contribution in [-0.2, 0) is 13.1 Å². The number of rotatable bonds is 7. The summed E-state index contributed by atoms with van der Waals surface area (Å²) in [6, 6.07) is 16.9. The number of thiophene rings is 1. The number of anilines is 1. The number of hydrogen-bond acceptors (Lipinski definition) is 5. The van der Waals surface area contributed by atoms with Gasteiger partial charge in [-0.3, -0.25) is 4.79 Å². The number of aromatic amines is 1. The molecular formula is C24H22ClN3O3S2. The summed E-state index contributed by atoms with van der Waals surface area (Å²) in [6.45, 7) is 0.886. The summed E-state index contributed by atoms with van der Waals surface area (Å²) in [5.41, 5.74) is 1.86. The van der Waals surface area contributed by atoms with Crippen molar-refractivity contribution in [2.75, 3.05) is 19.5 Å². The van der Waals surface area contributed by atoms with Gasteiger partial charge in [-0.2, -0.15) is 0 Å². The van der Waals surface area contributed by atoms with Crippen LogP contribution in [-0.4, -0.2) is 29.2 Å². The van der Waals surface area contributed by atoms with Gasteiger partial charge in [0, 0.05) is 32.6 Å². The van der Waals surface area contributed by atoms with Gasteiger partial charge in [0.1, 0.15) is 0 Å². The average Bonchev–Trinajstić information content (AvgIpc) is 3.31. The lowest BCUT2D eigenvalue weighted by atomic mass is 10.1. The molecule has 4 rings (SSSR count). The van der Waals surface area contributed by atoms with E-state index in [0.29, 0.717) is 45.8 Å². The van der Waals surface area contributed by atoms with Crippen LogP contribution in [0.4, 0.5) is 5.69 Å². The molecule has 0 saturated heterocycles. The van der Waals surface area contributed by atoms with Crippen molar-refractivity contribution in [2.24, 2.45) is 0 Å². The molecule has 0 unspecified atom stereocenters. The maximum atomic E-state index is 12.9. The van der Waals surface area contributed by atoms with Gasteiger partial charge in [-0.05, 0) is 54.0 Å². The lowest BCUT2D eigenvalue weighted by Crippen LogP contribution is -2.35. The normalized spacial score (nSPS) is 10.8. The zero-order chi connectivity index (χ0) is 23.4. The van der Waals surface area contributed by atoms with Gasteiger partial charge in [0.15, 0.2) is 16.6 Å². The Kier molecular flexibility index (Phi) is 7.17. The predicted molar refractivity (Wildman–Crippen MR) is 139 cm³/mol. The molecule has 0 amide bonds. The highest BCUT2D eigenvalue weighted by Gasteiger charge is 2.16. The highest BCUT2D eigenvalue weighted by molar-refractivity contribution is 7.80. The molecule has 6 nitrogen and oxygen atoms in total. The van der Waals surface area contributed by atoms with E-state index in [9.17, 15) is 4.79 Å². The Bertz CT molecular complexity index is 1340. The summed E-state index contributed by atoms with van der Waals surface area (Å²) in [5.74, 6) is 1.15. The van der Waals surface area contributed by atoms with E-state index in [0.717, 1.165) is 16.0 Å². The van der Waals surface area contributed by atoms with Crippen LogP contribution in [0.25, 0.3) is 10.9 Å². The molecule has 0 saturated carbocycles. The molecule has 2 N–H and O–H groups in total. The van der Waals surface area contributed by atoms with Gasteiger partial charge in [0.2, 0.25) is 0 Å². The maximum Gasteiger partial charge on any atom is 0.253 e. The topological polar surface area (TPSA) is 66.6 Å². The number of ether oxygens (including phenoxy) is 2. The summed E-state index contributed by atoms with van der Waals surface area (Å²) in [5, 5.41) is 7.20. The van der Waals surface area contributed by atoms with Crippen LogP contribution >= 0.6 is 35.2 Å². The number of halogens is 1. The van der Waals surface area contributed by atoms with Crippen molar-refractivity contribution in [3.8, 4) is 11.5 Å². The largest absolute Gasteiger partial charge is 0.493 e. The van der Waals surface area contributed by atoms with Crippen LogP contribution in [0.5, 0.6) is 11.5 Å². The van der Waals surface area contributed by atoms with E-state index in [1.54, 1.807) is 43.8 Å². The number of H-pyrrole nitrogens is 1. The van der Waals surface area contributed by atoms with E-state index in [1.807, 2.05) is 46.7 Å². The third kappa shape index (κ3) is 5.47. The first kappa shape index (κ1) is 23.1. The number of pyridine rings is 1. The zero-order valence-electron chi connectivity index (χ0n) is 18.1. The molecule has 2 aromatic carbocycles. The summed E-state index contributed by atoms with van der Waals surface area (Å²) in [7, 11) is 3.14. The molecule has 0 aliphatic rings. The van der Waals surface area contributed by atoms with Crippen LogP contribution in [0.2, 0.25) is 5.02 Å². The minimum absolute atomic E-state index is 0.184. The number of methoxy groups -OCH3 is 2. The molecule has 2 heterocycles. The minimum atomic E-state index is -0.184. The lowest BCUT2D eigenvalue weighted by molar-refractivity contribution is 0.355. The van der Waals surface area contributed by atoms with E-state index in [2.05, 4.69) is 10.3 Å². The van der Waals surface area contributed by atoms with Gasteiger partial charge in [0.05, 0.1) is 32.8 Å². The highest BCUT2D eigenvalue weighted by Crippen LogP contribution is 2.31. The molecule has 0 aliphatic heterocycles. The second-order valence-electron chi connectivity index (χ2n) is 7.29. The van der Waals surface area contributed by atoms with Gasteiger partial charge >= 0.3 is 0 Å². The van der Waals surface area contributed by atoms with Gasteiger partial charge in [0.25, 0.3) is 5.56 Å². The summed E-state index contributed by atoms with van der Waals surface area (Å²) in [6.07, 6.45) is 0. The van der Waals surface area contributed by atoms with Crippen LogP contribution in [0.1, 0.15) is 10.4 Å². The number of aromatic nitrogens is 1. The van der Waals surface area contributed by atoms with Crippen LogP contribution in [0.3, 0.4) is 0 Å². The van der Waals surface area contributed by atoms with E-state index >= 15 is 0 Å². The molecule has 0 aliphatic carbocycles. The first-order valence-corrected chi connectivity index (χ1v) is 11.7. The minimum Gasteiger partial charge on any atom is -0.493 e. The molecule has 33 heavy (non-hydrogen) atoms. The highest BCUT2D eigenvalue weighted by atomic mass is 35.5. The Morgan fingerprint density at radius 3 is 2.58 bits per heavy atom. The average molecular weight is 500 g/mol. The first-order valence-electron chi connectivity index (χ1n) is 10.1. The second kappa shape index (κ2) is 10.2. The van der Waals surface area contributed by atoms with Crippen molar-refractivity contribution >= 4 is 56.9 Å². The second-order valence-corrected chi connectivity index (χ2v) is 9.15. The van der Waals surface area contributed by atoms with Crippen LogP contribution in [0.15, 0.2) is 64.8 Å². The SMILES string of the molecule is COc1cc2cc(CN(Cc3cccs3)C(=S)Nc3cccc(Cl)c3)c(=O)[nH]c2cc1OC. The number of thiocarbonyl (C=S) groups is 1. The fraction of sp³-hybridized carbons (Fsp3) is 0.167. The number of hydrogen-bond donors (Lipinski definition) is 2. The zero-order valence-corrected chi connectivity index (χ0v) is 20.4. The Morgan fingerprint density at radius 2 is 1.88 bits per heavy atom. The van der Waals surface area contributed by atoms with E-state index in [-0.39, 0.29) is 5.56 Å². The van der Waals surface area contributed by atoms with Crippen molar-refractivity contribution in [3.63, 3.8) is 0 Å². The third-order valence-corrected chi connectivity index (χ3v) is 6.53. The molecule has 0 bridgehead atoms. The van der Waals surface area contributed by atoms with Crippen LogP contribution < -0.4 is 20.3 Å². The predicted octanol–water partition coefficient (Wildman–Crippen LogP) is 5.66. The standard InChI is InChI=1S/C24H22ClN3O3S2/c1-30-21-10-15-9-16(23(29)27-20(15)12-22(21)31-2)13-28(14-19-7-4-8-33-19)24(32)26-18-6-3-5-17(25)11-18/h3-12H,13-14H2,1-2H3,(H,26,32)(H,27,29). The molecule has 0 atom stereocenters. The van der Waals surface area contributed by atoms with E-state index < -0.39 is 0 Å². The Morgan fingerprint density at radius 1 is 1.09 bits per heavy atom. The first-order chi connectivity index (χ1) is 16.0. The monoisotopic (exact) mass is 499 g/mol. The maximum absolute atomic E-state index is 12.9. The fourth-order valence-electron chi connectivity index (χ4n) is 3.46. The molecule has 4 aromatic rings. The molecule has 9 heteroatoms. The third-order valence-electron chi connectivity index (χ3n) is 5.08. The molecule has 0 fully saturated rings. The Labute approximate surface area is 205 Å². The number of nitrogens with zero attached hydrogens (tertiary/aromatic N) is 1. The van der Waals surface area contributed by atoms with Gasteiger partial charge in [-0.25, -0.2) is 0 Å². The molecule has 0 radical (unpaired) electrons. The van der Waals surface area contributed by atoms with Gasteiger partial charge in [-0.15, -0.1) is 11.3 Å². The number of fused-ring (bicyclic) bond motifs is 1. The Balaban J connectivity index is 1.66. The van der Waals surface area contributed by atoms with Crippen molar-refractivity contribution in [1.82, 2.24) is 9.88 Å². The van der Waals surface area contributed by atoms with Crippen molar-refractivity contribution in [2.45, 2.75) is 13.1 Å². The van der Waals surface area contributed by atoms with E-state index in [4.69, 9.17) is 33.3 Å². The van der Waals surface area contributed by atoms with Crippen molar-refractivity contribution in [3.05, 3.63) is 85.8 Å². The summed E-state index contributed by atoms with van der Waals surface area (Å²) >= 11 is 13.5. The summed E-state index contributed by atoms with van der Waals surface area (Å²) in [4.78, 5) is 19.0. The Hall–Kier alpha value is -3.07. The molecule has 170 valence electrons. The van der Waals surface area contributed by atoms with Gasteiger partial charge < -0.3 is 24.7 Å². The lowest BCUT2D eigenvalue weighted by Gasteiger charge is -2.25. The van der Waals surface area contributed by atoms with Crippen molar-refractivity contribution < 1.29 is 9.47 Å². The van der Waals surface area contributed by atoms with Crippen LogP contribution in [0, 0.1) is 0 Å². The van der Waals surface area contributed by atoms with E-state index in [1.165, 1.54) is 0 Å². The number of benzene rings is 2. The van der Waals surface area contributed by atoms with Crippen molar-refractivity contribution in [1.29, 1.82) is 0 Å². The quantitative estimate of drug-likeness (QED) is 0.320. The summed E-state index contributed by atoms with van der Waals surface area (Å²) < 4.78 is 10.8. The number of nitrogens with one attached hydrogen (secondary N) is 2. The smallest absolute Gasteiger partial charge is 0.253 e.